The van der Waals surface area contributed by atoms with Crippen LogP contribution in [0.25, 0.3) is 0 Å². The van der Waals surface area contributed by atoms with Gasteiger partial charge in [-0.1, -0.05) is 58.9 Å². The van der Waals surface area contributed by atoms with Crippen LogP contribution in [0, 0.1) is 5.92 Å². The third-order valence-corrected chi connectivity index (χ3v) is 9.76. The molecule has 208 valence electrons. The van der Waals surface area contributed by atoms with Gasteiger partial charge in [-0.2, -0.15) is 0 Å². The van der Waals surface area contributed by atoms with E-state index < -0.39 is 39.5 Å². The van der Waals surface area contributed by atoms with Crippen LogP contribution in [0.5, 0.6) is 5.75 Å². The average molecular weight is 569 g/mol. The highest BCUT2D eigenvalue weighted by atomic mass is 32.2. The van der Waals surface area contributed by atoms with Gasteiger partial charge < -0.3 is 14.7 Å². The maximum atomic E-state index is 14.5. The number of rotatable bonds is 8. The SMILES string of the molecule is COc1cc(C(=O)N2[C@@H](c3nccs3)[C@@H](S(=O)c3ccccc3)C[C@@]2(CC(C)C)C(=O)O)ccc1C(C)(C)C. The summed E-state index contributed by atoms with van der Waals surface area (Å²) in [6, 6.07) is 13.5. The van der Waals surface area contributed by atoms with E-state index in [9.17, 15) is 18.9 Å². The van der Waals surface area contributed by atoms with Gasteiger partial charge in [0.05, 0.1) is 29.2 Å². The lowest BCUT2D eigenvalue weighted by Gasteiger charge is -2.38. The molecule has 3 aromatic rings. The van der Waals surface area contributed by atoms with Gasteiger partial charge in [0.15, 0.2) is 0 Å². The first-order valence-corrected chi connectivity index (χ1v) is 15.1. The molecule has 1 saturated heterocycles. The van der Waals surface area contributed by atoms with Crippen LogP contribution in [-0.2, 0) is 21.0 Å². The normalized spacial score (nSPS) is 22.2. The summed E-state index contributed by atoms with van der Waals surface area (Å²) in [7, 11) is -0.0198. The molecule has 0 bridgehead atoms. The monoisotopic (exact) mass is 568 g/mol. The number of carboxylic acid groups (broad SMARTS) is 1. The van der Waals surface area contributed by atoms with Gasteiger partial charge in [0.1, 0.15) is 16.3 Å². The summed E-state index contributed by atoms with van der Waals surface area (Å²) in [5, 5.41) is 12.5. The maximum Gasteiger partial charge on any atom is 0.329 e. The second-order valence-corrected chi connectivity index (χ2v) is 14.0. The van der Waals surface area contributed by atoms with Gasteiger partial charge >= 0.3 is 5.97 Å². The van der Waals surface area contributed by atoms with Crippen molar-refractivity contribution in [2.75, 3.05) is 7.11 Å². The lowest BCUT2D eigenvalue weighted by molar-refractivity contribution is -0.150. The second kappa shape index (κ2) is 11.2. The van der Waals surface area contributed by atoms with E-state index in [0.29, 0.717) is 21.2 Å². The summed E-state index contributed by atoms with van der Waals surface area (Å²) < 4.78 is 19.7. The molecule has 0 aliphatic carbocycles. The number of carboxylic acids is 1. The molecule has 4 rings (SSSR count). The van der Waals surface area contributed by atoms with Gasteiger partial charge in [-0.3, -0.25) is 9.00 Å². The van der Waals surface area contributed by atoms with Crippen LogP contribution in [0.4, 0.5) is 0 Å². The number of carbonyl (C=O) groups is 2. The predicted octanol–water partition coefficient (Wildman–Crippen LogP) is 6.08. The molecule has 1 fully saturated rings. The molecule has 1 aromatic heterocycles. The van der Waals surface area contributed by atoms with E-state index in [1.165, 1.54) is 16.2 Å². The van der Waals surface area contributed by atoms with Gasteiger partial charge in [-0.05, 0) is 54.0 Å². The predicted molar refractivity (Wildman–Crippen MR) is 154 cm³/mol. The number of aromatic nitrogens is 1. The van der Waals surface area contributed by atoms with Crippen LogP contribution in [0.3, 0.4) is 0 Å². The molecular weight excluding hydrogens is 532 g/mol. The van der Waals surface area contributed by atoms with Crippen molar-refractivity contribution in [1.29, 1.82) is 0 Å². The van der Waals surface area contributed by atoms with Crippen molar-refractivity contribution in [3.8, 4) is 5.75 Å². The number of hydrogen-bond donors (Lipinski definition) is 1. The summed E-state index contributed by atoms with van der Waals surface area (Å²) in [6.45, 7) is 10.1. The van der Waals surface area contributed by atoms with Crippen molar-refractivity contribution in [2.24, 2.45) is 5.92 Å². The van der Waals surface area contributed by atoms with Crippen molar-refractivity contribution in [3.63, 3.8) is 0 Å². The Labute approximate surface area is 236 Å². The number of benzene rings is 2. The minimum Gasteiger partial charge on any atom is -0.496 e. The van der Waals surface area contributed by atoms with E-state index in [2.05, 4.69) is 25.8 Å². The molecule has 0 spiro atoms. The van der Waals surface area contributed by atoms with E-state index in [4.69, 9.17) is 4.74 Å². The third-order valence-electron chi connectivity index (χ3n) is 7.20. The zero-order chi connectivity index (χ0) is 28.5. The molecule has 4 atom stereocenters. The Balaban J connectivity index is 1.92. The van der Waals surface area contributed by atoms with Crippen molar-refractivity contribution in [3.05, 3.63) is 76.2 Å². The van der Waals surface area contributed by atoms with Crippen molar-refractivity contribution in [1.82, 2.24) is 9.88 Å². The molecule has 7 nitrogen and oxygen atoms in total. The first-order valence-electron chi connectivity index (χ1n) is 13.0. The molecule has 1 N–H and O–H groups in total. The number of methoxy groups -OCH3 is 1. The molecule has 2 aromatic carbocycles. The largest absolute Gasteiger partial charge is 0.496 e. The fourth-order valence-electron chi connectivity index (χ4n) is 5.59. The Morgan fingerprint density at radius 3 is 2.44 bits per heavy atom. The Morgan fingerprint density at radius 1 is 1.21 bits per heavy atom. The molecule has 39 heavy (non-hydrogen) atoms. The molecule has 0 saturated carbocycles. The maximum absolute atomic E-state index is 14.5. The molecular formula is C30H36N2O5S2. The minimum absolute atomic E-state index is 0.0324. The lowest BCUT2D eigenvalue weighted by atomic mass is 9.84. The van der Waals surface area contributed by atoms with Gasteiger partial charge in [0.2, 0.25) is 0 Å². The first-order chi connectivity index (χ1) is 18.4. The Kier molecular flexibility index (Phi) is 8.33. The summed E-state index contributed by atoms with van der Waals surface area (Å²) in [4.78, 5) is 34.2. The number of thiazole rings is 1. The summed E-state index contributed by atoms with van der Waals surface area (Å²) in [5.41, 5.74) is -0.521. The van der Waals surface area contributed by atoms with Crippen molar-refractivity contribution in [2.45, 2.75) is 74.6 Å². The van der Waals surface area contributed by atoms with E-state index in [1.807, 2.05) is 38.1 Å². The summed E-state index contributed by atoms with van der Waals surface area (Å²) in [6.07, 6.45) is 1.90. The summed E-state index contributed by atoms with van der Waals surface area (Å²) >= 11 is 1.34. The molecule has 1 unspecified atom stereocenters. The number of hydrogen-bond acceptors (Lipinski definition) is 6. The Bertz CT molecular complexity index is 1350. The highest BCUT2D eigenvalue weighted by Crippen LogP contribution is 2.50. The van der Waals surface area contributed by atoms with E-state index in [1.54, 1.807) is 43.0 Å². The molecule has 1 aliphatic heterocycles. The van der Waals surface area contributed by atoms with Crippen LogP contribution in [0.2, 0.25) is 0 Å². The number of likely N-dealkylation sites (tertiary alicyclic amines) is 1. The zero-order valence-corrected chi connectivity index (χ0v) is 24.8. The molecule has 0 radical (unpaired) electrons. The van der Waals surface area contributed by atoms with Crippen molar-refractivity contribution >= 4 is 34.0 Å². The minimum atomic E-state index is -1.58. The molecule has 1 aliphatic rings. The molecule has 9 heteroatoms. The molecule has 2 heterocycles. The van der Waals surface area contributed by atoms with Gasteiger partial charge in [-0.15, -0.1) is 11.3 Å². The van der Waals surface area contributed by atoms with Crippen LogP contribution in [0.1, 0.15) is 74.4 Å². The first kappa shape index (κ1) is 29.0. The van der Waals surface area contributed by atoms with Gasteiger partial charge in [-0.25, -0.2) is 9.78 Å². The van der Waals surface area contributed by atoms with Gasteiger partial charge in [0.25, 0.3) is 5.91 Å². The van der Waals surface area contributed by atoms with E-state index in [-0.39, 0.29) is 24.2 Å². The van der Waals surface area contributed by atoms with Crippen LogP contribution >= 0.6 is 11.3 Å². The topological polar surface area (TPSA) is 96.8 Å². The second-order valence-electron chi connectivity index (χ2n) is 11.4. The average Bonchev–Trinajstić information content (AvgIpc) is 3.54. The van der Waals surface area contributed by atoms with Crippen LogP contribution in [-0.4, -0.2) is 49.0 Å². The highest BCUT2D eigenvalue weighted by Gasteiger charge is 2.61. The molecule has 1 amide bonds. The zero-order valence-electron chi connectivity index (χ0n) is 23.2. The van der Waals surface area contributed by atoms with Crippen LogP contribution in [0.15, 0.2) is 65.0 Å². The smallest absolute Gasteiger partial charge is 0.329 e. The number of aliphatic carboxylic acids is 1. The number of amides is 1. The fourth-order valence-corrected chi connectivity index (χ4v) is 8.15. The van der Waals surface area contributed by atoms with E-state index in [0.717, 1.165) is 5.56 Å². The number of ether oxygens (including phenoxy) is 1. The van der Waals surface area contributed by atoms with Crippen molar-refractivity contribution < 1.29 is 23.6 Å². The number of carbonyl (C=O) groups excluding carboxylic acids is 1. The fraction of sp³-hybridized carbons (Fsp3) is 0.433. The Hall–Kier alpha value is -3.04. The van der Waals surface area contributed by atoms with E-state index >= 15 is 0 Å². The number of nitrogens with zero attached hydrogens (tertiary/aromatic N) is 2. The standard InChI is InChI=1S/C30H36N2O5S2/c1-19(2)17-30(28(34)35)18-24(39(36)21-10-8-7-9-11-21)25(26-31-14-15-38-26)32(30)27(33)20-12-13-22(29(3,4)5)23(16-20)37-6/h7-16,19,24-25H,17-18H2,1-6H3,(H,34,35)/t24-,25+,30-,39?/m0/s1. The Morgan fingerprint density at radius 2 is 1.90 bits per heavy atom. The van der Waals surface area contributed by atoms with Gasteiger partial charge in [0, 0.05) is 22.0 Å². The quantitative estimate of drug-likeness (QED) is 0.354. The van der Waals surface area contributed by atoms with Crippen LogP contribution < -0.4 is 4.74 Å². The highest BCUT2D eigenvalue weighted by molar-refractivity contribution is 7.85. The summed E-state index contributed by atoms with van der Waals surface area (Å²) in [5.74, 6) is -1.01. The third kappa shape index (κ3) is 5.52. The lowest BCUT2D eigenvalue weighted by Crippen LogP contribution is -2.54.